The van der Waals surface area contributed by atoms with Crippen LogP contribution in [-0.4, -0.2) is 29.6 Å². The van der Waals surface area contributed by atoms with E-state index >= 15 is 0 Å². The van der Waals surface area contributed by atoms with E-state index in [9.17, 15) is 9.00 Å². The molecule has 0 aliphatic carbocycles. The van der Waals surface area contributed by atoms with E-state index in [1.165, 1.54) is 0 Å². The highest BCUT2D eigenvalue weighted by atomic mass is 32.2. The molecule has 0 radical (unpaired) electrons. The molecule has 4 aromatic rings. The number of benzene rings is 2. The number of carbonyl (C=O) groups is 1. The molecule has 0 aliphatic rings. The molecule has 1 atom stereocenters. The third kappa shape index (κ3) is 5.85. The average molecular weight is 460 g/mol. The largest absolute Gasteiger partial charge is 0.324 e. The second-order valence-electron chi connectivity index (χ2n) is 7.28. The van der Waals surface area contributed by atoms with Crippen LogP contribution in [0.25, 0.3) is 11.3 Å². The molecular weight excluding hydrogens is 438 g/mol. The molecule has 1 amide bonds. The van der Waals surface area contributed by atoms with E-state index in [0.717, 1.165) is 22.5 Å². The highest BCUT2D eigenvalue weighted by Crippen LogP contribution is 2.24. The van der Waals surface area contributed by atoms with Crippen LogP contribution in [0.15, 0.2) is 79.3 Å². The molecule has 2 aromatic carbocycles. The highest BCUT2D eigenvalue weighted by molar-refractivity contribution is 7.78. The van der Waals surface area contributed by atoms with E-state index in [0.29, 0.717) is 22.8 Å². The first-order valence-electron chi connectivity index (χ1n) is 10.1. The number of rotatable bonds is 7. The van der Waals surface area contributed by atoms with Crippen LogP contribution in [0.3, 0.4) is 0 Å². The number of hydrogen-bond donors (Lipinski definition) is 3. The van der Waals surface area contributed by atoms with Crippen LogP contribution in [0.2, 0.25) is 0 Å². The Morgan fingerprint density at radius 2 is 1.94 bits per heavy atom. The zero-order valence-electron chi connectivity index (χ0n) is 17.7. The Balaban J connectivity index is 1.52. The lowest BCUT2D eigenvalue weighted by molar-refractivity contribution is 0.102. The maximum absolute atomic E-state index is 12.7. The Hall–Kier alpha value is -3.95. The molecule has 0 spiro atoms. The summed E-state index contributed by atoms with van der Waals surface area (Å²) >= 11 is -1.97. The number of aryl methyl sites for hydroxylation is 1. The minimum Gasteiger partial charge on any atom is -0.324 e. The van der Waals surface area contributed by atoms with Gasteiger partial charge in [0.2, 0.25) is 5.95 Å². The molecule has 3 N–H and O–H groups in total. The third-order valence-electron chi connectivity index (χ3n) is 4.83. The zero-order chi connectivity index (χ0) is 23.2. The standard InChI is InChI=1S/C24H21N5O3S/c1-16-7-8-20(27-23(30)18-5-2-4-17(12-18)15-33(31)32)13-22(16)29-24-26-11-9-21(28-24)19-6-3-10-25-14-19/h2-14H,15H2,1H3,(H,27,30)(H,31,32)(H,26,28,29). The Labute approximate surface area is 193 Å². The lowest BCUT2D eigenvalue weighted by atomic mass is 10.1. The highest BCUT2D eigenvalue weighted by Gasteiger charge is 2.10. The predicted octanol–water partition coefficient (Wildman–Crippen LogP) is 4.56. The number of anilines is 3. The lowest BCUT2D eigenvalue weighted by Gasteiger charge is -2.12. The van der Waals surface area contributed by atoms with Gasteiger partial charge in [-0.2, -0.15) is 0 Å². The summed E-state index contributed by atoms with van der Waals surface area (Å²) in [5.41, 5.74) is 4.93. The zero-order valence-corrected chi connectivity index (χ0v) is 18.5. The Kier molecular flexibility index (Phi) is 6.82. The van der Waals surface area contributed by atoms with Crippen molar-refractivity contribution in [2.24, 2.45) is 0 Å². The van der Waals surface area contributed by atoms with Gasteiger partial charge in [0.15, 0.2) is 11.1 Å². The van der Waals surface area contributed by atoms with Crippen LogP contribution in [-0.2, 0) is 16.8 Å². The Morgan fingerprint density at radius 1 is 1.06 bits per heavy atom. The van der Waals surface area contributed by atoms with Gasteiger partial charge in [-0.25, -0.2) is 14.2 Å². The summed E-state index contributed by atoms with van der Waals surface area (Å²) in [5, 5.41) is 6.07. The van der Waals surface area contributed by atoms with Crippen molar-refractivity contribution < 1.29 is 13.6 Å². The smallest absolute Gasteiger partial charge is 0.255 e. The van der Waals surface area contributed by atoms with Gasteiger partial charge in [0.05, 0.1) is 11.4 Å². The molecule has 8 nitrogen and oxygen atoms in total. The molecule has 33 heavy (non-hydrogen) atoms. The molecule has 9 heteroatoms. The van der Waals surface area contributed by atoms with Crippen LogP contribution < -0.4 is 10.6 Å². The predicted molar refractivity (Wildman–Crippen MR) is 129 cm³/mol. The van der Waals surface area contributed by atoms with Crippen LogP contribution in [0.5, 0.6) is 0 Å². The SMILES string of the molecule is Cc1ccc(NC(=O)c2cccc(CS(=O)O)c2)cc1Nc1nccc(-c2cccnc2)n1. The van der Waals surface area contributed by atoms with Gasteiger partial charge in [0, 0.05) is 41.1 Å². The number of aromatic nitrogens is 3. The molecular formula is C24H21N5O3S. The van der Waals surface area contributed by atoms with E-state index in [1.807, 2.05) is 31.2 Å². The van der Waals surface area contributed by atoms with Gasteiger partial charge < -0.3 is 15.2 Å². The first-order valence-corrected chi connectivity index (χ1v) is 11.3. The summed E-state index contributed by atoms with van der Waals surface area (Å²) in [7, 11) is 0. The van der Waals surface area contributed by atoms with E-state index in [2.05, 4.69) is 25.6 Å². The molecule has 0 aliphatic heterocycles. The van der Waals surface area contributed by atoms with Crippen molar-refractivity contribution in [1.82, 2.24) is 15.0 Å². The fraction of sp³-hybridized carbons (Fsp3) is 0.0833. The van der Waals surface area contributed by atoms with Crippen molar-refractivity contribution in [1.29, 1.82) is 0 Å². The molecule has 2 aromatic heterocycles. The van der Waals surface area contributed by atoms with E-state index in [-0.39, 0.29) is 11.7 Å². The van der Waals surface area contributed by atoms with Crippen molar-refractivity contribution in [3.63, 3.8) is 0 Å². The molecule has 0 bridgehead atoms. The molecule has 4 rings (SSSR count). The topological polar surface area (TPSA) is 117 Å². The van der Waals surface area contributed by atoms with Crippen LogP contribution in [0, 0.1) is 6.92 Å². The quantitative estimate of drug-likeness (QED) is 0.347. The number of nitrogens with one attached hydrogen (secondary N) is 2. The maximum Gasteiger partial charge on any atom is 0.255 e. The van der Waals surface area contributed by atoms with Crippen molar-refractivity contribution in [2.75, 3.05) is 10.6 Å². The summed E-state index contributed by atoms with van der Waals surface area (Å²) in [5.74, 6) is 0.0792. The minimum atomic E-state index is -1.97. The van der Waals surface area contributed by atoms with Crippen molar-refractivity contribution in [3.8, 4) is 11.3 Å². The van der Waals surface area contributed by atoms with Crippen LogP contribution in [0.4, 0.5) is 17.3 Å². The Morgan fingerprint density at radius 3 is 2.73 bits per heavy atom. The van der Waals surface area contributed by atoms with Crippen LogP contribution in [0.1, 0.15) is 21.5 Å². The number of carbonyl (C=O) groups excluding carboxylic acids is 1. The number of pyridine rings is 1. The first-order chi connectivity index (χ1) is 16.0. The summed E-state index contributed by atoms with van der Waals surface area (Å²) < 4.78 is 20.1. The molecule has 1 unspecified atom stereocenters. The summed E-state index contributed by atoms with van der Waals surface area (Å²) in [6.45, 7) is 1.94. The number of nitrogens with zero attached hydrogens (tertiary/aromatic N) is 3. The summed E-state index contributed by atoms with van der Waals surface area (Å²) in [6, 6.07) is 17.7. The molecule has 0 saturated heterocycles. The van der Waals surface area contributed by atoms with E-state index in [1.54, 1.807) is 55.0 Å². The fourth-order valence-electron chi connectivity index (χ4n) is 3.20. The van der Waals surface area contributed by atoms with Gasteiger partial charge >= 0.3 is 0 Å². The maximum atomic E-state index is 12.7. The Bertz CT molecular complexity index is 1310. The second kappa shape index (κ2) is 10.1. The van der Waals surface area contributed by atoms with Gasteiger partial charge in [0.1, 0.15) is 0 Å². The average Bonchev–Trinajstić information content (AvgIpc) is 2.82. The normalized spacial score (nSPS) is 11.6. The first kappa shape index (κ1) is 22.3. The van der Waals surface area contributed by atoms with Crippen molar-refractivity contribution in [2.45, 2.75) is 12.7 Å². The van der Waals surface area contributed by atoms with Gasteiger partial charge in [-0.3, -0.25) is 9.78 Å². The van der Waals surface area contributed by atoms with Crippen molar-refractivity contribution >= 4 is 34.3 Å². The monoisotopic (exact) mass is 459 g/mol. The van der Waals surface area contributed by atoms with E-state index < -0.39 is 11.1 Å². The van der Waals surface area contributed by atoms with Gasteiger partial charge in [-0.15, -0.1) is 0 Å². The minimum absolute atomic E-state index is 0.0299. The summed E-state index contributed by atoms with van der Waals surface area (Å²) in [4.78, 5) is 25.7. The van der Waals surface area contributed by atoms with Crippen LogP contribution >= 0.6 is 0 Å². The van der Waals surface area contributed by atoms with Gasteiger partial charge in [0.25, 0.3) is 5.91 Å². The van der Waals surface area contributed by atoms with Crippen molar-refractivity contribution in [3.05, 3.63) is 95.9 Å². The molecule has 2 heterocycles. The van der Waals surface area contributed by atoms with E-state index in [4.69, 9.17) is 4.55 Å². The number of amides is 1. The summed E-state index contributed by atoms with van der Waals surface area (Å²) in [6.07, 6.45) is 5.11. The fourth-order valence-corrected chi connectivity index (χ4v) is 3.66. The number of hydrogen-bond acceptors (Lipinski definition) is 6. The molecule has 0 fully saturated rings. The van der Waals surface area contributed by atoms with Gasteiger partial charge in [-0.1, -0.05) is 18.2 Å². The van der Waals surface area contributed by atoms with Gasteiger partial charge in [-0.05, 0) is 60.5 Å². The molecule has 166 valence electrons. The third-order valence-corrected chi connectivity index (χ3v) is 5.41. The molecule has 0 saturated carbocycles. The second-order valence-corrected chi connectivity index (χ2v) is 8.21. The lowest BCUT2D eigenvalue weighted by Crippen LogP contribution is -2.12.